The quantitative estimate of drug-likeness (QED) is 0.626. The second-order valence-corrected chi connectivity index (χ2v) is 5.95. The summed E-state index contributed by atoms with van der Waals surface area (Å²) in [4.78, 5) is 36.4. The molecule has 1 fully saturated rings. The number of epoxide rings is 1. The van der Waals surface area contributed by atoms with Crippen molar-refractivity contribution >= 4 is 17.5 Å². The molecule has 5 heteroatoms. The molecule has 0 bridgehead atoms. The Bertz CT molecular complexity index is 690. The third kappa shape index (κ3) is 6.26. The van der Waals surface area contributed by atoms with E-state index in [1.165, 1.54) is 6.92 Å². The monoisotopic (exact) mass is 319 g/mol. The molecule has 1 rings (SSSR count). The van der Waals surface area contributed by atoms with Crippen LogP contribution in [-0.2, 0) is 19.1 Å². The van der Waals surface area contributed by atoms with Crippen molar-refractivity contribution in [1.82, 2.24) is 5.32 Å². The fourth-order valence-electron chi connectivity index (χ4n) is 2.17. The summed E-state index contributed by atoms with van der Waals surface area (Å²) >= 11 is 0. The van der Waals surface area contributed by atoms with Gasteiger partial charge in [0.15, 0.2) is 11.6 Å². The number of hydrogen-bond donors (Lipinski definition) is 1. The number of ketones is 2. The van der Waals surface area contributed by atoms with Crippen LogP contribution in [0.4, 0.5) is 0 Å². The normalized spacial score (nSPS) is 31.7. The molecule has 22 heavy (non-hydrogen) atoms. The summed E-state index contributed by atoms with van der Waals surface area (Å²) in [5, 5.41) is 1.87. The average molecular weight is 319 g/mol. The molecule has 0 saturated carbocycles. The summed E-state index contributed by atoms with van der Waals surface area (Å²) in [6.07, 6.45) is -5.24. The van der Waals surface area contributed by atoms with E-state index in [1.54, 1.807) is 13.8 Å². The Hall–Kier alpha value is -1.23. The fourth-order valence-corrected chi connectivity index (χ4v) is 2.17. The molecule has 0 aromatic rings. The number of hydrogen-bond acceptors (Lipinski definition) is 4. The van der Waals surface area contributed by atoms with E-state index in [2.05, 4.69) is 0 Å². The summed E-state index contributed by atoms with van der Waals surface area (Å²) in [6, 6.07) is 0. The lowest BCUT2D eigenvalue weighted by Gasteiger charge is -2.18. The van der Waals surface area contributed by atoms with Crippen LogP contribution in [0.3, 0.4) is 0 Å². The Kier molecular flexibility index (Phi) is 3.75. The van der Waals surface area contributed by atoms with Gasteiger partial charge in [0.2, 0.25) is 5.91 Å². The highest BCUT2D eigenvalue weighted by Crippen LogP contribution is 2.27. The predicted octanol–water partition coefficient (Wildman–Crippen LogP) is 2.13. The van der Waals surface area contributed by atoms with Gasteiger partial charge < -0.3 is 10.1 Å². The maximum absolute atomic E-state index is 12.7. The molecule has 5 nitrogen and oxygen atoms in total. The molecule has 0 radical (unpaired) electrons. The molecular weight excluding hydrogens is 282 g/mol. The molecule has 126 valence electrons. The van der Waals surface area contributed by atoms with Crippen LogP contribution in [0.15, 0.2) is 0 Å². The Morgan fingerprint density at radius 2 is 2.00 bits per heavy atom. The molecule has 0 aliphatic carbocycles. The minimum absolute atomic E-state index is 0.0660. The zero-order chi connectivity index (χ0) is 23.9. The van der Waals surface area contributed by atoms with Crippen LogP contribution in [-0.4, -0.2) is 36.2 Å². The van der Waals surface area contributed by atoms with Crippen molar-refractivity contribution in [2.75, 3.05) is 6.50 Å². The van der Waals surface area contributed by atoms with Crippen molar-refractivity contribution in [2.24, 2.45) is 17.7 Å². The summed E-state index contributed by atoms with van der Waals surface area (Å²) < 4.78 is 66.9. The maximum Gasteiger partial charge on any atom is 0.223 e. The second-order valence-electron chi connectivity index (χ2n) is 5.95. The lowest BCUT2D eigenvalue weighted by Crippen LogP contribution is -2.34. The van der Waals surface area contributed by atoms with E-state index in [0.29, 0.717) is 0 Å². The summed E-state index contributed by atoms with van der Waals surface area (Å²) in [5.74, 6) is -5.76. The Labute approximate surface area is 144 Å². The lowest BCUT2D eigenvalue weighted by atomic mass is 9.90. The summed E-state index contributed by atoms with van der Waals surface area (Å²) in [6.45, 7) is -0.792. The van der Waals surface area contributed by atoms with Gasteiger partial charge in [-0.2, -0.15) is 0 Å². The van der Waals surface area contributed by atoms with Crippen LogP contribution < -0.4 is 5.32 Å². The molecule has 0 aromatic heterocycles. The third-order valence-electron chi connectivity index (χ3n) is 3.22. The number of Topliss-reactive ketones (excluding diaryl/α,β-unsaturated/α-hetero) is 2. The van der Waals surface area contributed by atoms with E-state index in [9.17, 15) is 14.4 Å². The highest BCUT2D eigenvalue weighted by atomic mass is 16.6. The van der Waals surface area contributed by atoms with E-state index in [-0.39, 0.29) is 24.5 Å². The van der Waals surface area contributed by atoms with Gasteiger partial charge in [-0.05, 0) is 31.5 Å². The molecule has 0 spiro atoms. The molecule has 1 aliphatic heterocycles. The second kappa shape index (κ2) is 8.42. The molecule has 1 aliphatic rings. The maximum atomic E-state index is 12.7. The predicted molar refractivity (Wildman–Crippen MR) is 84.4 cm³/mol. The van der Waals surface area contributed by atoms with Crippen molar-refractivity contribution in [1.29, 1.82) is 0 Å². The Morgan fingerprint density at radius 1 is 1.32 bits per heavy atom. The number of nitrogens with one attached hydrogen (secondary N) is 1. The van der Waals surface area contributed by atoms with Crippen LogP contribution >= 0.6 is 0 Å². The van der Waals surface area contributed by atoms with Crippen LogP contribution in [0, 0.1) is 17.7 Å². The van der Waals surface area contributed by atoms with Gasteiger partial charge in [0.1, 0.15) is 12.2 Å². The van der Waals surface area contributed by atoms with Crippen LogP contribution in [0.1, 0.15) is 64.7 Å². The van der Waals surface area contributed by atoms with E-state index in [1.807, 2.05) is 5.32 Å². The number of carbonyl (C=O) groups is 3. The van der Waals surface area contributed by atoms with Crippen molar-refractivity contribution < 1.29 is 30.1 Å². The van der Waals surface area contributed by atoms with Gasteiger partial charge in [-0.25, -0.2) is 0 Å². The van der Waals surface area contributed by atoms with E-state index >= 15 is 0 Å². The number of carbonyl (C=O) groups excluding carboxylic acids is 3. The Morgan fingerprint density at radius 3 is 2.50 bits per heavy atom. The SMILES string of the molecule is [2H]C([2H])([2H])C([2H])(C)C([2H])([2H])C([2H])([2H])NC(=O)[C@@H](CC(=O)[C@H]1O[C@@H]1C(C)=O)CC(C)C. The minimum atomic E-state index is -3.29. The first-order chi connectivity index (χ1) is 13.3. The molecular formula is C17H29NO4. The summed E-state index contributed by atoms with van der Waals surface area (Å²) in [5.41, 5.74) is 0. The highest BCUT2D eigenvalue weighted by molar-refractivity contribution is 5.97. The van der Waals surface area contributed by atoms with E-state index in [0.717, 1.165) is 6.92 Å². The number of ether oxygens (including phenoxy) is 1. The van der Waals surface area contributed by atoms with Gasteiger partial charge in [0.25, 0.3) is 0 Å². The molecule has 1 saturated heterocycles. The molecule has 0 aromatic carbocycles. The van der Waals surface area contributed by atoms with Crippen molar-refractivity contribution in [3.05, 3.63) is 0 Å². The zero-order valence-corrected chi connectivity index (χ0v) is 13.4. The number of amides is 1. The van der Waals surface area contributed by atoms with Crippen LogP contribution in [0.5, 0.6) is 0 Å². The largest absolute Gasteiger partial charge is 0.356 e. The van der Waals surface area contributed by atoms with Gasteiger partial charge in [-0.15, -0.1) is 0 Å². The van der Waals surface area contributed by atoms with Gasteiger partial charge in [0.05, 0.1) is 0 Å². The standard InChI is InChI=1S/C17H29NO4/c1-10(2)6-7-18-17(21)13(8-11(3)4)9-14(20)16-15(22-16)12(5)19/h10-11,13,15-16H,6-9H2,1-5H3,(H,18,21)/t13-,15-,16-/m1/s1/i1D3,6D2,7D2,10D/t10?,13-,15-,16-. The molecule has 1 amide bonds. The third-order valence-corrected chi connectivity index (χ3v) is 3.22. The molecule has 1 heterocycles. The molecule has 1 unspecified atom stereocenters. The highest BCUT2D eigenvalue weighted by Gasteiger charge is 2.48. The fraction of sp³-hybridized carbons (Fsp3) is 0.824. The topological polar surface area (TPSA) is 75.8 Å². The number of rotatable bonds is 10. The Balaban J connectivity index is 3.02. The molecule has 4 atom stereocenters. The van der Waals surface area contributed by atoms with Crippen LogP contribution in [0.2, 0.25) is 0 Å². The van der Waals surface area contributed by atoms with Crippen molar-refractivity contribution in [2.45, 2.75) is 66.0 Å². The van der Waals surface area contributed by atoms with E-state index in [4.69, 9.17) is 15.7 Å². The smallest absolute Gasteiger partial charge is 0.223 e. The first-order valence-electron chi connectivity index (χ1n) is 11.3. The van der Waals surface area contributed by atoms with Crippen LogP contribution in [0.25, 0.3) is 0 Å². The van der Waals surface area contributed by atoms with Crippen molar-refractivity contribution in [3.8, 4) is 0 Å². The average Bonchev–Trinajstić information content (AvgIpc) is 3.32. The first-order valence-corrected chi connectivity index (χ1v) is 7.27. The van der Waals surface area contributed by atoms with Gasteiger partial charge in [-0.1, -0.05) is 27.6 Å². The first kappa shape index (κ1) is 9.81. The minimum Gasteiger partial charge on any atom is -0.356 e. The van der Waals surface area contributed by atoms with Gasteiger partial charge >= 0.3 is 0 Å². The lowest BCUT2D eigenvalue weighted by molar-refractivity contribution is -0.130. The zero-order valence-electron chi connectivity index (χ0n) is 21.4. The van der Waals surface area contributed by atoms with Gasteiger partial charge in [-0.3, -0.25) is 14.4 Å². The van der Waals surface area contributed by atoms with Crippen molar-refractivity contribution in [3.63, 3.8) is 0 Å². The van der Waals surface area contributed by atoms with E-state index < -0.39 is 55.4 Å². The summed E-state index contributed by atoms with van der Waals surface area (Å²) in [7, 11) is 0. The molecule has 1 N–H and O–H groups in total. The van der Waals surface area contributed by atoms with Gasteiger partial charge in [0, 0.05) is 29.8 Å².